The van der Waals surface area contributed by atoms with Crippen molar-refractivity contribution in [3.8, 4) is 11.5 Å². The lowest BCUT2D eigenvalue weighted by molar-refractivity contribution is 0.0863. The van der Waals surface area contributed by atoms with Crippen molar-refractivity contribution >= 4 is 5.91 Å². The number of amides is 1. The number of hydrogen-bond acceptors (Lipinski definition) is 5. The van der Waals surface area contributed by atoms with Gasteiger partial charge >= 0.3 is 0 Å². The highest BCUT2D eigenvalue weighted by Crippen LogP contribution is 2.33. The predicted molar refractivity (Wildman–Crippen MR) is 72.3 cm³/mol. The smallest absolute Gasteiger partial charge is 0.255 e. The van der Waals surface area contributed by atoms with Crippen LogP contribution in [0.1, 0.15) is 16.8 Å². The molecule has 0 aliphatic carbocycles. The Balaban J connectivity index is 1.83. The molecule has 110 valence electrons. The summed E-state index contributed by atoms with van der Waals surface area (Å²) in [6, 6.07) is 5.27. The van der Waals surface area contributed by atoms with Gasteiger partial charge in [0.05, 0.1) is 18.8 Å². The third kappa shape index (κ3) is 3.85. The third-order valence-electron chi connectivity index (χ3n) is 2.80. The minimum Gasteiger partial charge on any atom is -0.486 e. The fraction of sp³-hybridized carbons (Fsp3) is 0.500. The molecule has 0 saturated heterocycles. The Morgan fingerprint density at radius 2 is 2.15 bits per heavy atom. The number of para-hydroxylation sites is 1. The van der Waals surface area contributed by atoms with E-state index in [9.17, 15) is 4.79 Å². The van der Waals surface area contributed by atoms with Gasteiger partial charge in [-0.25, -0.2) is 0 Å². The van der Waals surface area contributed by atoms with Crippen LogP contribution in [0.4, 0.5) is 0 Å². The maximum absolute atomic E-state index is 12.1. The molecular weight excluding hydrogens is 262 g/mol. The lowest BCUT2D eigenvalue weighted by Gasteiger charge is -2.20. The minimum atomic E-state index is -0.186. The molecule has 2 rings (SSSR count). The highest BCUT2D eigenvalue weighted by molar-refractivity contribution is 5.97. The first-order valence-electron chi connectivity index (χ1n) is 6.68. The molecule has 0 spiro atoms. The quantitative estimate of drug-likeness (QED) is 0.715. The Labute approximate surface area is 117 Å². The molecule has 0 unspecified atom stereocenters. The summed E-state index contributed by atoms with van der Waals surface area (Å²) in [5, 5.41) is 11.4. The molecule has 6 nitrogen and oxygen atoms in total. The fourth-order valence-electron chi connectivity index (χ4n) is 1.89. The lowest BCUT2D eigenvalue weighted by atomic mass is 10.1. The normalized spacial score (nSPS) is 13.1. The first-order valence-corrected chi connectivity index (χ1v) is 6.68. The summed E-state index contributed by atoms with van der Waals surface area (Å²) in [5.74, 6) is 0.928. The predicted octanol–water partition coefficient (Wildman–Crippen LogP) is 0.587. The number of aliphatic hydroxyl groups is 1. The monoisotopic (exact) mass is 281 g/mol. The molecule has 1 heterocycles. The van der Waals surface area contributed by atoms with Crippen LogP contribution in [0.2, 0.25) is 0 Å². The average molecular weight is 281 g/mol. The summed E-state index contributed by atoms with van der Waals surface area (Å²) in [6.45, 7) is 2.31. The van der Waals surface area contributed by atoms with Gasteiger partial charge in [0.1, 0.15) is 13.2 Å². The molecule has 0 atom stereocenters. The number of benzene rings is 1. The SMILES string of the molecule is O=C(NCCCOCCO)c1cccc2c1OCCO2. The highest BCUT2D eigenvalue weighted by atomic mass is 16.6. The number of aliphatic hydroxyl groups excluding tert-OH is 1. The Kier molecular flexibility index (Phi) is 5.64. The van der Waals surface area contributed by atoms with Crippen LogP contribution in [-0.2, 0) is 4.74 Å². The van der Waals surface area contributed by atoms with Crippen LogP contribution < -0.4 is 14.8 Å². The van der Waals surface area contributed by atoms with Gasteiger partial charge < -0.3 is 24.6 Å². The highest BCUT2D eigenvalue weighted by Gasteiger charge is 2.19. The molecule has 0 saturated carbocycles. The van der Waals surface area contributed by atoms with E-state index < -0.39 is 0 Å². The number of hydrogen-bond donors (Lipinski definition) is 2. The van der Waals surface area contributed by atoms with Gasteiger partial charge in [0.25, 0.3) is 5.91 Å². The van der Waals surface area contributed by atoms with Gasteiger partial charge in [-0.1, -0.05) is 6.07 Å². The summed E-state index contributed by atoms with van der Waals surface area (Å²) in [6.07, 6.45) is 0.693. The number of fused-ring (bicyclic) bond motifs is 1. The van der Waals surface area contributed by atoms with Crippen molar-refractivity contribution in [2.75, 3.05) is 39.6 Å². The van der Waals surface area contributed by atoms with Gasteiger partial charge in [-0.15, -0.1) is 0 Å². The Hall–Kier alpha value is -1.79. The zero-order chi connectivity index (χ0) is 14.2. The Morgan fingerprint density at radius 1 is 1.30 bits per heavy atom. The molecule has 0 fully saturated rings. The van der Waals surface area contributed by atoms with Crippen molar-refractivity contribution in [1.29, 1.82) is 0 Å². The van der Waals surface area contributed by atoms with E-state index in [4.69, 9.17) is 19.3 Å². The van der Waals surface area contributed by atoms with Crippen LogP contribution in [-0.4, -0.2) is 50.6 Å². The number of carbonyl (C=O) groups excluding carboxylic acids is 1. The maximum Gasteiger partial charge on any atom is 0.255 e. The second-order valence-corrected chi connectivity index (χ2v) is 4.28. The van der Waals surface area contributed by atoms with E-state index in [1.807, 2.05) is 0 Å². The van der Waals surface area contributed by atoms with E-state index >= 15 is 0 Å². The first kappa shape index (κ1) is 14.6. The van der Waals surface area contributed by atoms with Gasteiger partial charge in [0, 0.05) is 13.2 Å². The molecule has 1 amide bonds. The van der Waals surface area contributed by atoms with Gasteiger partial charge in [-0.3, -0.25) is 4.79 Å². The van der Waals surface area contributed by atoms with Gasteiger partial charge in [0.2, 0.25) is 0 Å². The van der Waals surface area contributed by atoms with E-state index in [0.717, 1.165) is 0 Å². The zero-order valence-corrected chi connectivity index (χ0v) is 11.3. The second-order valence-electron chi connectivity index (χ2n) is 4.28. The molecule has 1 aromatic carbocycles. The van der Waals surface area contributed by atoms with Crippen LogP contribution >= 0.6 is 0 Å². The van der Waals surface area contributed by atoms with Crippen molar-refractivity contribution in [1.82, 2.24) is 5.32 Å². The topological polar surface area (TPSA) is 77.0 Å². The molecule has 0 bridgehead atoms. The molecule has 1 aliphatic heterocycles. The number of carbonyl (C=O) groups is 1. The van der Waals surface area contributed by atoms with Crippen molar-refractivity contribution in [2.45, 2.75) is 6.42 Å². The van der Waals surface area contributed by atoms with Crippen molar-refractivity contribution in [3.05, 3.63) is 23.8 Å². The summed E-state index contributed by atoms with van der Waals surface area (Å²) in [4.78, 5) is 12.1. The van der Waals surface area contributed by atoms with Crippen LogP contribution in [0.25, 0.3) is 0 Å². The zero-order valence-electron chi connectivity index (χ0n) is 11.3. The maximum atomic E-state index is 12.1. The van der Waals surface area contributed by atoms with Gasteiger partial charge in [0.15, 0.2) is 11.5 Å². The molecule has 6 heteroatoms. The molecule has 2 N–H and O–H groups in total. The number of ether oxygens (including phenoxy) is 3. The van der Waals surface area contributed by atoms with Crippen LogP contribution in [0.15, 0.2) is 18.2 Å². The lowest BCUT2D eigenvalue weighted by Crippen LogP contribution is -2.27. The molecule has 1 aliphatic rings. The summed E-state index contributed by atoms with van der Waals surface area (Å²) < 4.78 is 16.0. The minimum absolute atomic E-state index is 0.0137. The summed E-state index contributed by atoms with van der Waals surface area (Å²) in [5.41, 5.74) is 0.485. The van der Waals surface area contributed by atoms with Crippen molar-refractivity contribution < 1.29 is 24.1 Å². The Morgan fingerprint density at radius 3 is 3.00 bits per heavy atom. The number of rotatable bonds is 7. The van der Waals surface area contributed by atoms with E-state index in [1.165, 1.54) is 0 Å². The average Bonchev–Trinajstić information content (AvgIpc) is 2.50. The molecular formula is C14H19NO5. The number of nitrogens with one attached hydrogen (secondary N) is 1. The van der Waals surface area contributed by atoms with E-state index in [1.54, 1.807) is 18.2 Å². The summed E-state index contributed by atoms with van der Waals surface area (Å²) >= 11 is 0. The molecule has 20 heavy (non-hydrogen) atoms. The fourth-order valence-corrected chi connectivity index (χ4v) is 1.89. The third-order valence-corrected chi connectivity index (χ3v) is 2.80. The van der Waals surface area contributed by atoms with Crippen molar-refractivity contribution in [2.24, 2.45) is 0 Å². The van der Waals surface area contributed by atoms with Gasteiger partial charge in [-0.2, -0.15) is 0 Å². The standard InChI is InChI=1S/C14H19NO5/c16-6-8-18-7-2-5-15-14(17)11-3-1-4-12-13(11)20-10-9-19-12/h1,3-4,16H,2,5-10H2,(H,15,17). The largest absolute Gasteiger partial charge is 0.486 e. The van der Waals surface area contributed by atoms with Crippen LogP contribution in [0.3, 0.4) is 0 Å². The van der Waals surface area contributed by atoms with Crippen LogP contribution in [0, 0.1) is 0 Å². The molecule has 0 radical (unpaired) electrons. The Bertz CT molecular complexity index is 449. The molecule has 0 aromatic heterocycles. The first-order chi connectivity index (χ1) is 9.83. The van der Waals surface area contributed by atoms with Crippen molar-refractivity contribution in [3.63, 3.8) is 0 Å². The summed E-state index contributed by atoms with van der Waals surface area (Å²) in [7, 11) is 0. The van der Waals surface area contributed by atoms with E-state index in [2.05, 4.69) is 5.32 Å². The van der Waals surface area contributed by atoms with E-state index in [0.29, 0.717) is 56.5 Å². The second kappa shape index (κ2) is 7.72. The van der Waals surface area contributed by atoms with Crippen LogP contribution in [0.5, 0.6) is 11.5 Å². The van der Waals surface area contributed by atoms with E-state index in [-0.39, 0.29) is 12.5 Å². The molecule has 1 aromatic rings. The van der Waals surface area contributed by atoms with Gasteiger partial charge in [-0.05, 0) is 18.6 Å².